The molecule has 0 bridgehead atoms. The zero-order chi connectivity index (χ0) is 14.0. The van der Waals surface area contributed by atoms with Gasteiger partial charge in [-0.25, -0.2) is 0 Å². The Morgan fingerprint density at radius 2 is 2.26 bits per heavy atom. The third-order valence-corrected chi connectivity index (χ3v) is 4.14. The summed E-state index contributed by atoms with van der Waals surface area (Å²) in [4.78, 5) is 14.5. The zero-order valence-electron chi connectivity index (χ0n) is 11.5. The lowest BCUT2D eigenvalue weighted by molar-refractivity contribution is 0.0513. The van der Waals surface area contributed by atoms with Gasteiger partial charge in [-0.3, -0.25) is 4.79 Å². The number of aliphatic hydroxyl groups excluding tert-OH is 1. The molecule has 5 heteroatoms. The van der Waals surface area contributed by atoms with Gasteiger partial charge in [-0.05, 0) is 55.1 Å². The summed E-state index contributed by atoms with van der Waals surface area (Å²) in [5, 5.41) is 9.17. The summed E-state index contributed by atoms with van der Waals surface area (Å²) in [7, 11) is 0. The number of amides is 1. The van der Waals surface area contributed by atoms with E-state index in [1.165, 1.54) is 6.42 Å². The van der Waals surface area contributed by atoms with E-state index >= 15 is 0 Å². The lowest BCUT2D eigenvalue weighted by Crippen LogP contribution is -2.46. The van der Waals surface area contributed by atoms with Gasteiger partial charge in [-0.2, -0.15) is 0 Å². The van der Waals surface area contributed by atoms with Crippen LogP contribution >= 0.6 is 15.9 Å². The summed E-state index contributed by atoms with van der Waals surface area (Å²) in [6.07, 6.45) is 5.22. The number of aromatic nitrogens is 1. The molecule has 0 aliphatic heterocycles. The number of nitrogens with zero attached hydrogens (tertiary/aromatic N) is 2. The van der Waals surface area contributed by atoms with E-state index in [1.54, 1.807) is 0 Å². The van der Waals surface area contributed by atoms with Crippen LogP contribution in [0.4, 0.5) is 0 Å². The first-order valence-electron chi connectivity index (χ1n) is 6.83. The maximum Gasteiger partial charge on any atom is 0.270 e. The molecule has 19 heavy (non-hydrogen) atoms. The van der Waals surface area contributed by atoms with Crippen molar-refractivity contribution in [2.75, 3.05) is 13.2 Å². The van der Waals surface area contributed by atoms with Gasteiger partial charge in [0, 0.05) is 29.3 Å². The monoisotopic (exact) mass is 328 g/mol. The molecule has 106 valence electrons. The Morgan fingerprint density at radius 3 is 2.74 bits per heavy atom. The van der Waals surface area contributed by atoms with Crippen LogP contribution in [0.15, 0.2) is 16.7 Å². The summed E-state index contributed by atoms with van der Waals surface area (Å²) in [6, 6.07) is 2.40. The Hall–Kier alpha value is -0.810. The second-order valence-corrected chi connectivity index (χ2v) is 6.27. The Labute approximate surface area is 122 Å². The Kier molecular flexibility index (Phi) is 4.68. The predicted octanol–water partition coefficient (Wildman–Crippen LogP) is 2.82. The molecule has 0 spiro atoms. The van der Waals surface area contributed by atoms with Crippen molar-refractivity contribution in [3.63, 3.8) is 0 Å². The fourth-order valence-electron chi connectivity index (χ4n) is 2.45. The molecule has 4 nitrogen and oxygen atoms in total. The molecular weight excluding hydrogens is 308 g/mol. The molecule has 0 saturated heterocycles. The third-order valence-electron chi connectivity index (χ3n) is 3.71. The second kappa shape index (κ2) is 6.09. The highest BCUT2D eigenvalue weighted by Gasteiger charge is 2.30. The van der Waals surface area contributed by atoms with E-state index in [-0.39, 0.29) is 18.6 Å². The van der Waals surface area contributed by atoms with Crippen molar-refractivity contribution >= 4 is 21.8 Å². The third kappa shape index (κ3) is 3.03. The van der Waals surface area contributed by atoms with E-state index in [4.69, 9.17) is 0 Å². The highest BCUT2D eigenvalue weighted by Crippen LogP contribution is 2.28. The highest BCUT2D eigenvalue weighted by atomic mass is 79.9. The average molecular weight is 329 g/mol. The van der Waals surface area contributed by atoms with Gasteiger partial charge in [-0.15, -0.1) is 0 Å². The van der Waals surface area contributed by atoms with Crippen LogP contribution in [0.3, 0.4) is 0 Å². The van der Waals surface area contributed by atoms with Gasteiger partial charge < -0.3 is 14.6 Å². The van der Waals surface area contributed by atoms with Crippen LogP contribution in [0, 0.1) is 0 Å². The smallest absolute Gasteiger partial charge is 0.270 e. The Balaban J connectivity index is 2.25. The minimum absolute atomic E-state index is 0.0196. The maximum absolute atomic E-state index is 12.7. The Morgan fingerprint density at radius 1 is 1.58 bits per heavy atom. The molecular formula is C14H21BrN2O2. The molecule has 1 heterocycles. The number of hydrogen-bond donors (Lipinski definition) is 1. The molecule has 1 N–H and O–H groups in total. The predicted molar refractivity (Wildman–Crippen MR) is 78.3 cm³/mol. The molecule has 0 unspecified atom stereocenters. The van der Waals surface area contributed by atoms with Crippen molar-refractivity contribution < 1.29 is 9.90 Å². The molecule has 1 aliphatic rings. The standard InChI is InChI=1S/C14H21BrN2O2/c1-10(2)17-9-11(15)8-13(17)14(19)16(6-7-18)12-4-3-5-12/h8-10,12,18H,3-7H2,1-2H3. The molecule has 1 fully saturated rings. The SMILES string of the molecule is CC(C)n1cc(Br)cc1C(=O)N(CCO)C1CCC1. The quantitative estimate of drug-likeness (QED) is 0.903. The van der Waals surface area contributed by atoms with Crippen molar-refractivity contribution in [3.05, 3.63) is 22.4 Å². The molecule has 1 aliphatic carbocycles. The van der Waals surface area contributed by atoms with Gasteiger partial charge in [0.1, 0.15) is 5.69 Å². The van der Waals surface area contributed by atoms with Crippen molar-refractivity contribution in [3.8, 4) is 0 Å². The van der Waals surface area contributed by atoms with E-state index in [2.05, 4.69) is 29.8 Å². The van der Waals surface area contributed by atoms with Crippen molar-refractivity contribution in [1.29, 1.82) is 0 Å². The number of halogens is 1. The first kappa shape index (κ1) is 14.6. The topological polar surface area (TPSA) is 45.5 Å². The molecule has 1 amide bonds. The molecule has 2 rings (SSSR count). The number of rotatable bonds is 5. The minimum atomic E-state index is 0.0196. The number of carbonyl (C=O) groups is 1. The summed E-state index contributed by atoms with van der Waals surface area (Å²) in [5.41, 5.74) is 0.697. The normalized spacial score (nSPS) is 15.6. The van der Waals surface area contributed by atoms with E-state index in [9.17, 15) is 9.90 Å². The molecule has 1 aromatic heterocycles. The van der Waals surface area contributed by atoms with Gasteiger partial charge in [0.05, 0.1) is 6.61 Å². The van der Waals surface area contributed by atoms with Gasteiger partial charge >= 0.3 is 0 Å². The Bertz CT molecular complexity index is 452. The van der Waals surface area contributed by atoms with Gasteiger partial charge in [-0.1, -0.05) is 0 Å². The van der Waals surface area contributed by atoms with Crippen LogP contribution in [0.2, 0.25) is 0 Å². The van der Waals surface area contributed by atoms with Crippen LogP contribution < -0.4 is 0 Å². The van der Waals surface area contributed by atoms with Crippen LogP contribution in [0.25, 0.3) is 0 Å². The number of carbonyl (C=O) groups excluding carboxylic acids is 1. The van der Waals surface area contributed by atoms with Gasteiger partial charge in [0.2, 0.25) is 0 Å². The fraction of sp³-hybridized carbons (Fsp3) is 0.643. The van der Waals surface area contributed by atoms with E-state index in [0.29, 0.717) is 18.3 Å². The first-order chi connectivity index (χ1) is 9.04. The number of aliphatic hydroxyl groups is 1. The minimum Gasteiger partial charge on any atom is -0.395 e. The number of hydrogen-bond acceptors (Lipinski definition) is 2. The van der Waals surface area contributed by atoms with Crippen molar-refractivity contribution in [2.45, 2.75) is 45.2 Å². The maximum atomic E-state index is 12.7. The van der Waals surface area contributed by atoms with Crippen LogP contribution in [-0.2, 0) is 0 Å². The van der Waals surface area contributed by atoms with Crippen molar-refractivity contribution in [1.82, 2.24) is 9.47 Å². The van der Waals surface area contributed by atoms with E-state index in [0.717, 1.165) is 17.3 Å². The van der Waals surface area contributed by atoms with Crippen LogP contribution in [0.5, 0.6) is 0 Å². The summed E-state index contributed by atoms with van der Waals surface area (Å²) < 4.78 is 2.90. The lowest BCUT2D eigenvalue weighted by Gasteiger charge is -2.37. The van der Waals surface area contributed by atoms with Gasteiger partial charge in [0.25, 0.3) is 5.91 Å². The van der Waals surface area contributed by atoms with Crippen LogP contribution in [0.1, 0.15) is 49.6 Å². The first-order valence-corrected chi connectivity index (χ1v) is 7.63. The summed E-state index contributed by atoms with van der Waals surface area (Å²) in [6.45, 7) is 4.56. The summed E-state index contributed by atoms with van der Waals surface area (Å²) in [5.74, 6) is 0.0261. The molecule has 0 atom stereocenters. The lowest BCUT2D eigenvalue weighted by atomic mass is 9.91. The average Bonchev–Trinajstić information content (AvgIpc) is 2.67. The highest BCUT2D eigenvalue weighted by molar-refractivity contribution is 9.10. The van der Waals surface area contributed by atoms with Crippen LogP contribution in [-0.4, -0.2) is 39.7 Å². The second-order valence-electron chi connectivity index (χ2n) is 5.35. The largest absolute Gasteiger partial charge is 0.395 e. The molecule has 1 aromatic rings. The van der Waals surface area contributed by atoms with Crippen molar-refractivity contribution in [2.24, 2.45) is 0 Å². The van der Waals surface area contributed by atoms with Gasteiger partial charge in [0.15, 0.2) is 0 Å². The summed E-state index contributed by atoms with van der Waals surface area (Å²) >= 11 is 3.43. The molecule has 1 saturated carbocycles. The van der Waals surface area contributed by atoms with E-state index < -0.39 is 0 Å². The molecule has 0 radical (unpaired) electrons. The zero-order valence-corrected chi connectivity index (χ0v) is 13.1. The fourth-order valence-corrected chi connectivity index (χ4v) is 2.88. The molecule has 0 aromatic carbocycles. The van der Waals surface area contributed by atoms with E-state index in [1.807, 2.05) is 21.7 Å².